The van der Waals surface area contributed by atoms with Gasteiger partial charge in [-0.2, -0.15) is 0 Å². The molecule has 15 heavy (non-hydrogen) atoms. The Balaban J connectivity index is 2.39. The van der Waals surface area contributed by atoms with Crippen molar-refractivity contribution in [2.75, 3.05) is 24.3 Å². The predicted octanol–water partition coefficient (Wildman–Crippen LogP) is 1.63. The van der Waals surface area contributed by atoms with Gasteiger partial charge in [0, 0.05) is 6.61 Å². The van der Waals surface area contributed by atoms with Crippen LogP contribution in [-0.4, -0.2) is 35.1 Å². The molecule has 0 atom stereocenters. The number of anilines is 1. The number of rotatable bonds is 6. The lowest BCUT2D eigenvalue weighted by atomic mass is 10.6. The van der Waals surface area contributed by atoms with Crippen molar-refractivity contribution >= 4 is 34.1 Å². The summed E-state index contributed by atoms with van der Waals surface area (Å²) in [5.74, 6) is 0.752. The molecule has 0 aliphatic carbocycles. The fourth-order valence-electron chi connectivity index (χ4n) is 0.792. The van der Waals surface area contributed by atoms with Crippen LogP contribution in [0.3, 0.4) is 0 Å². The van der Waals surface area contributed by atoms with Crippen molar-refractivity contribution in [3.8, 4) is 0 Å². The summed E-state index contributed by atoms with van der Waals surface area (Å²) in [6.45, 7) is 4.47. The maximum absolute atomic E-state index is 11.2. The monoisotopic (exact) mass is 247 g/mol. The summed E-state index contributed by atoms with van der Waals surface area (Å²) in [6.07, 6.45) is 0. The molecular formula is C8H13N3O2S2. The van der Waals surface area contributed by atoms with Gasteiger partial charge in [-0.05, 0) is 12.7 Å². The Morgan fingerprint density at radius 3 is 3.00 bits per heavy atom. The molecule has 0 fully saturated rings. The maximum atomic E-state index is 11.2. The summed E-state index contributed by atoms with van der Waals surface area (Å²) in [7, 11) is 0. The second-order valence-corrected chi connectivity index (χ2v) is 4.98. The second kappa shape index (κ2) is 6.76. The molecule has 0 saturated heterocycles. The number of hydrogen-bond donors (Lipinski definition) is 1. The van der Waals surface area contributed by atoms with E-state index in [1.807, 2.05) is 13.8 Å². The molecule has 1 rings (SSSR count). The van der Waals surface area contributed by atoms with Crippen molar-refractivity contribution < 1.29 is 9.53 Å². The molecule has 0 unspecified atom stereocenters. The lowest BCUT2D eigenvalue weighted by Gasteiger charge is -1.99. The molecule has 7 heteroatoms. The first-order valence-corrected chi connectivity index (χ1v) is 6.40. The summed E-state index contributed by atoms with van der Waals surface area (Å²) < 4.78 is 5.83. The fourth-order valence-corrected chi connectivity index (χ4v) is 2.46. The van der Waals surface area contributed by atoms with Gasteiger partial charge in [-0.25, -0.2) is 0 Å². The number of carbonyl (C=O) groups is 1. The number of nitrogens with zero attached hydrogens (tertiary/aromatic N) is 2. The minimum atomic E-state index is -0.193. The quantitative estimate of drug-likeness (QED) is 0.611. The van der Waals surface area contributed by atoms with E-state index in [1.54, 1.807) is 11.8 Å². The van der Waals surface area contributed by atoms with Crippen molar-refractivity contribution in [1.29, 1.82) is 0 Å². The van der Waals surface area contributed by atoms with Gasteiger partial charge in [0.1, 0.15) is 6.61 Å². The zero-order valence-electron chi connectivity index (χ0n) is 8.65. The molecule has 1 heterocycles. The number of aromatic nitrogens is 2. The molecule has 0 spiro atoms. The molecule has 84 valence electrons. The van der Waals surface area contributed by atoms with E-state index in [-0.39, 0.29) is 12.5 Å². The molecule has 0 aliphatic rings. The smallest absolute Gasteiger partial charge is 0.252 e. The molecule has 0 bridgehead atoms. The Hall–Kier alpha value is -0.660. The van der Waals surface area contributed by atoms with E-state index < -0.39 is 0 Å². The topological polar surface area (TPSA) is 64.1 Å². The van der Waals surface area contributed by atoms with E-state index in [0.29, 0.717) is 11.7 Å². The van der Waals surface area contributed by atoms with Crippen LogP contribution in [0.15, 0.2) is 4.34 Å². The Kier molecular flexibility index (Phi) is 5.59. The number of nitrogens with one attached hydrogen (secondary N) is 1. The number of thioether (sulfide) groups is 1. The van der Waals surface area contributed by atoms with Crippen LogP contribution in [0.5, 0.6) is 0 Å². The van der Waals surface area contributed by atoms with Crippen molar-refractivity contribution in [3.63, 3.8) is 0 Å². The summed E-state index contributed by atoms with van der Waals surface area (Å²) in [6, 6.07) is 0. The van der Waals surface area contributed by atoms with E-state index in [0.717, 1.165) is 10.1 Å². The first-order chi connectivity index (χ1) is 7.26. The van der Waals surface area contributed by atoms with Gasteiger partial charge in [0.25, 0.3) is 5.91 Å². The first-order valence-electron chi connectivity index (χ1n) is 4.60. The van der Waals surface area contributed by atoms with Crippen LogP contribution in [0.25, 0.3) is 0 Å². The van der Waals surface area contributed by atoms with Gasteiger partial charge in [-0.1, -0.05) is 30.0 Å². The lowest BCUT2D eigenvalue weighted by molar-refractivity contribution is -0.120. The van der Waals surface area contributed by atoms with Gasteiger partial charge in [0.05, 0.1) is 0 Å². The van der Waals surface area contributed by atoms with Crippen LogP contribution >= 0.6 is 23.1 Å². The molecule has 0 aromatic carbocycles. The van der Waals surface area contributed by atoms with Crippen molar-refractivity contribution in [1.82, 2.24) is 10.2 Å². The highest BCUT2D eigenvalue weighted by molar-refractivity contribution is 8.01. The molecule has 1 N–H and O–H groups in total. The first kappa shape index (κ1) is 12.4. The number of amides is 1. The average Bonchev–Trinajstić information content (AvgIpc) is 2.63. The third-order valence-corrected chi connectivity index (χ3v) is 3.21. The second-order valence-electron chi connectivity index (χ2n) is 2.49. The van der Waals surface area contributed by atoms with Gasteiger partial charge in [-0.3, -0.25) is 10.1 Å². The highest BCUT2D eigenvalue weighted by Gasteiger charge is 2.07. The third-order valence-electron chi connectivity index (χ3n) is 1.36. The molecule has 1 amide bonds. The van der Waals surface area contributed by atoms with Crippen LogP contribution in [0.2, 0.25) is 0 Å². The van der Waals surface area contributed by atoms with Crippen LogP contribution in [0.4, 0.5) is 5.13 Å². The normalized spacial score (nSPS) is 10.3. The Labute approximate surface area is 96.6 Å². The van der Waals surface area contributed by atoms with E-state index >= 15 is 0 Å². The largest absolute Gasteiger partial charge is 0.372 e. The van der Waals surface area contributed by atoms with Crippen LogP contribution in [-0.2, 0) is 9.53 Å². The number of hydrogen-bond acceptors (Lipinski definition) is 6. The highest BCUT2D eigenvalue weighted by Crippen LogP contribution is 2.24. The van der Waals surface area contributed by atoms with Crippen LogP contribution in [0, 0.1) is 0 Å². The predicted molar refractivity (Wildman–Crippen MR) is 61.4 cm³/mol. The SMILES string of the molecule is CCOCC(=O)Nc1nnc(SCC)s1. The van der Waals surface area contributed by atoms with Crippen molar-refractivity contribution in [2.45, 2.75) is 18.2 Å². The van der Waals surface area contributed by atoms with Gasteiger partial charge >= 0.3 is 0 Å². The Morgan fingerprint density at radius 1 is 1.53 bits per heavy atom. The Bertz CT molecular complexity index is 317. The standard InChI is InChI=1S/C8H13N3O2S2/c1-3-13-5-6(12)9-7-10-11-8(15-7)14-4-2/h3-5H2,1-2H3,(H,9,10,12). The zero-order chi connectivity index (χ0) is 11.1. The zero-order valence-corrected chi connectivity index (χ0v) is 10.3. The fraction of sp³-hybridized carbons (Fsp3) is 0.625. The summed E-state index contributed by atoms with van der Waals surface area (Å²) in [5, 5.41) is 10.9. The van der Waals surface area contributed by atoms with E-state index in [4.69, 9.17) is 4.74 Å². The van der Waals surface area contributed by atoms with Crippen LogP contribution < -0.4 is 5.32 Å². The summed E-state index contributed by atoms with van der Waals surface area (Å²) >= 11 is 2.98. The van der Waals surface area contributed by atoms with Gasteiger partial charge in [0.2, 0.25) is 5.13 Å². The molecule has 0 saturated carbocycles. The molecule has 5 nitrogen and oxygen atoms in total. The summed E-state index contributed by atoms with van der Waals surface area (Å²) in [5.41, 5.74) is 0. The third kappa shape index (κ3) is 4.59. The minimum Gasteiger partial charge on any atom is -0.372 e. The molecule has 0 radical (unpaired) electrons. The lowest BCUT2D eigenvalue weighted by Crippen LogP contribution is -2.17. The minimum absolute atomic E-state index is 0.0618. The molecule has 1 aromatic heterocycles. The van der Waals surface area contributed by atoms with Gasteiger partial charge < -0.3 is 4.74 Å². The maximum Gasteiger partial charge on any atom is 0.252 e. The van der Waals surface area contributed by atoms with Crippen molar-refractivity contribution in [3.05, 3.63) is 0 Å². The van der Waals surface area contributed by atoms with Gasteiger partial charge in [-0.15, -0.1) is 10.2 Å². The van der Waals surface area contributed by atoms with Gasteiger partial charge in [0.15, 0.2) is 4.34 Å². The number of carbonyl (C=O) groups excluding carboxylic acids is 1. The number of ether oxygens (including phenoxy) is 1. The van der Waals surface area contributed by atoms with E-state index in [2.05, 4.69) is 15.5 Å². The van der Waals surface area contributed by atoms with E-state index in [9.17, 15) is 4.79 Å². The highest BCUT2D eigenvalue weighted by atomic mass is 32.2. The average molecular weight is 247 g/mol. The summed E-state index contributed by atoms with van der Waals surface area (Å²) in [4.78, 5) is 11.2. The van der Waals surface area contributed by atoms with E-state index in [1.165, 1.54) is 11.3 Å². The Morgan fingerprint density at radius 2 is 2.33 bits per heavy atom. The molecule has 1 aromatic rings. The van der Waals surface area contributed by atoms with Crippen LogP contribution in [0.1, 0.15) is 13.8 Å². The molecular weight excluding hydrogens is 234 g/mol. The van der Waals surface area contributed by atoms with Crippen molar-refractivity contribution in [2.24, 2.45) is 0 Å². The molecule has 0 aliphatic heterocycles.